The number of aryl methyl sites for hydroxylation is 2. The number of rotatable bonds is 5. The molecule has 0 aromatic carbocycles. The number of aromatic nitrogens is 2. The molecule has 0 aliphatic heterocycles. The Kier molecular flexibility index (Phi) is 5.07. The minimum Gasteiger partial charge on any atom is -0.327 e. The molecule has 1 heterocycles. The zero-order chi connectivity index (χ0) is 14.0. The smallest absolute Gasteiger partial charge is 0.0738 e. The molecule has 0 amide bonds. The topological polar surface area (TPSA) is 43.8 Å². The lowest BCUT2D eigenvalue weighted by molar-refractivity contribution is 0.397. The van der Waals surface area contributed by atoms with Crippen LogP contribution in [0.15, 0.2) is 4.47 Å². The van der Waals surface area contributed by atoms with Gasteiger partial charge in [-0.2, -0.15) is 5.10 Å². The molecule has 0 bridgehead atoms. The van der Waals surface area contributed by atoms with Crippen LogP contribution in [0.5, 0.6) is 0 Å². The first kappa shape index (κ1) is 15.0. The zero-order valence-corrected chi connectivity index (χ0v) is 13.9. The first-order chi connectivity index (χ1) is 9.06. The van der Waals surface area contributed by atoms with Crippen molar-refractivity contribution in [1.29, 1.82) is 0 Å². The molecule has 1 fully saturated rings. The Morgan fingerprint density at radius 2 is 2.16 bits per heavy atom. The van der Waals surface area contributed by atoms with Gasteiger partial charge in [0.25, 0.3) is 0 Å². The van der Waals surface area contributed by atoms with Crippen LogP contribution in [0.2, 0.25) is 0 Å². The third-order valence-corrected chi connectivity index (χ3v) is 5.68. The second-order valence-electron chi connectivity index (χ2n) is 5.88. The molecule has 2 N–H and O–H groups in total. The third-order valence-electron chi connectivity index (χ3n) is 4.65. The average molecular weight is 328 g/mol. The summed E-state index contributed by atoms with van der Waals surface area (Å²) in [7, 11) is 0. The molecule has 0 spiro atoms. The summed E-state index contributed by atoms with van der Waals surface area (Å²) in [5.41, 5.74) is 8.81. The van der Waals surface area contributed by atoms with Crippen LogP contribution in [-0.4, -0.2) is 15.8 Å². The maximum atomic E-state index is 6.47. The number of nitrogens with zero attached hydrogens (tertiary/aromatic N) is 2. The molecule has 1 aliphatic carbocycles. The Morgan fingerprint density at radius 3 is 2.74 bits per heavy atom. The molecule has 3 nitrogen and oxygen atoms in total. The van der Waals surface area contributed by atoms with Gasteiger partial charge in [-0.15, -0.1) is 0 Å². The lowest BCUT2D eigenvalue weighted by atomic mass is 9.93. The average Bonchev–Trinajstić information content (AvgIpc) is 2.98. The Hall–Kier alpha value is -0.350. The summed E-state index contributed by atoms with van der Waals surface area (Å²) in [4.78, 5) is 0. The summed E-state index contributed by atoms with van der Waals surface area (Å²) in [6.07, 6.45) is 6.22. The summed E-state index contributed by atoms with van der Waals surface area (Å²) in [6, 6.07) is 0.272. The van der Waals surface area contributed by atoms with E-state index in [-0.39, 0.29) is 6.04 Å². The fraction of sp³-hybridized carbons (Fsp3) is 0.800. The van der Waals surface area contributed by atoms with Crippen molar-refractivity contribution < 1.29 is 0 Å². The molecule has 1 aromatic heterocycles. The molecule has 3 unspecified atom stereocenters. The molecule has 1 aliphatic rings. The highest BCUT2D eigenvalue weighted by atomic mass is 79.9. The van der Waals surface area contributed by atoms with Crippen molar-refractivity contribution in [3.8, 4) is 0 Å². The van der Waals surface area contributed by atoms with Gasteiger partial charge in [-0.1, -0.05) is 19.8 Å². The minimum atomic E-state index is 0.272. The summed E-state index contributed by atoms with van der Waals surface area (Å²) in [5.74, 6) is 1.59. The second kappa shape index (κ2) is 6.40. The largest absolute Gasteiger partial charge is 0.327 e. The van der Waals surface area contributed by atoms with Gasteiger partial charge in [-0.25, -0.2) is 0 Å². The maximum absolute atomic E-state index is 6.47. The molecular weight excluding hydrogens is 302 g/mol. The summed E-state index contributed by atoms with van der Waals surface area (Å²) in [5, 5.41) is 4.55. The molecule has 0 radical (unpaired) electrons. The van der Waals surface area contributed by atoms with E-state index in [1.807, 2.05) is 6.92 Å². The Balaban J connectivity index is 2.05. The predicted octanol–water partition coefficient (Wildman–Crippen LogP) is 3.67. The molecule has 0 saturated heterocycles. The highest BCUT2D eigenvalue weighted by molar-refractivity contribution is 9.10. The molecule has 108 valence electrons. The maximum Gasteiger partial charge on any atom is 0.0738 e. The van der Waals surface area contributed by atoms with Gasteiger partial charge in [0.05, 0.1) is 15.9 Å². The fourth-order valence-electron chi connectivity index (χ4n) is 3.33. The summed E-state index contributed by atoms with van der Waals surface area (Å²) >= 11 is 3.67. The fourth-order valence-corrected chi connectivity index (χ4v) is 3.77. The van der Waals surface area contributed by atoms with Crippen LogP contribution < -0.4 is 5.73 Å². The molecular formula is C15H26BrN3. The van der Waals surface area contributed by atoms with Crippen molar-refractivity contribution in [1.82, 2.24) is 9.78 Å². The first-order valence-corrected chi connectivity index (χ1v) is 8.33. The van der Waals surface area contributed by atoms with E-state index in [4.69, 9.17) is 5.73 Å². The Labute approximate surface area is 125 Å². The van der Waals surface area contributed by atoms with Crippen LogP contribution in [0, 0.1) is 18.8 Å². The van der Waals surface area contributed by atoms with Crippen LogP contribution >= 0.6 is 15.9 Å². The quantitative estimate of drug-likeness (QED) is 0.896. The van der Waals surface area contributed by atoms with E-state index in [0.29, 0.717) is 5.92 Å². The number of nitrogens with two attached hydrogens (primary N) is 1. The Bertz CT molecular complexity index is 427. The molecule has 1 aromatic rings. The molecule has 19 heavy (non-hydrogen) atoms. The van der Waals surface area contributed by atoms with Crippen molar-refractivity contribution in [2.24, 2.45) is 17.6 Å². The van der Waals surface area contributed by atoms with E-state index < -0.39 is 0 Å². The van der Waals surface area contributed by atoms with Gasteiger partial charge in [0.2, 0.25) is 0 Å². The molecule has 4 heteroatoms. The van der Waals surface area contributed by atoms with Gasteiger partial charge in [0.1, 0.15) is 0 Å². The van der Waals surface area contributed by atoms with Gasteiger partial charge in [-0.05, 0) is 54.5 Å². The van der Waals surface area contributed by atoms with Crippen molar-refractivity contribution in [3.63, 3.8) is 0 Å². The van der Waals surface area contributed by atoms with E-state index in [2.05, 4.69) is 39.6 Å². The standard InChI is InChI=1S/C15H26BrN3/c1-4-11-6-7-12(8-11)13(17)9-14-15(16)10(3)18-19(14)5-2/h11-13H,4-9,17H2,1-3H3. The van der Waals surface area contributed by atoms with Crippen molar-refractivity contribution >= 4 is 15.9 Å². The second-order valence-corrected chi connectivity index (χ2v) is 6.67. The highest BCUT2D eigenvalue weighted by Gasteiger charge is 2.29. The lowest BCUT2D eigenvalue weighted by Crippen LogP contribution is -2.32. The van der Waals surface area contributed by atoms with E-state index in [0.717, 1.165) is 29.1 Å². The summed E-state index contributed by atoms with van der Waals surface area (Å²) < 4.78 is 3.24. The van der Waals surface area contributed by atoms with Crippen molar-refractivity contribution in [2.45, 2.75) is 65.5 Å². The number of halogens is 1. The van der Waals surface area contributed by atoms with E-state index >= 15 is 0 Å². The van der Waals surface area contributed by atoms with Crippen LogP contribution in [0.25, 0.3) is 0 Å². The SMILES string of the molecule is CCC1CCC(C(N)Cc2c(Br)c(C)nn2CC)C1. The van der Waals surface area contributed by atoms with Crippen LogP contribution in [0.3, 0.4) is 0 Å². The molecule has 1 saturated carbocycles. The van der Waals surface area contributed by atoms with E-state index in [9.17, 15) is 0 Å². The zero-order valence-electron chi connectivity index (χ0n) is 12.3. The van der Waals surface area contributed by atoms with Gasteiger partial charge in [0, 0.05) is 19.0 Å². The van der Waals surface area contributed by atoms with Crippen LogP contribution in [0.4, 0.5) is 0 Å². The lowest BCUT2D eigenvalue weighted by Gasteiger charge is -2.20. The van der Waals surface area contributed by atoms with Crippen molar-refractivity contribution in [3.05, 3.63) is 15.9 Å². The van der Waals surface area contributed by atoms with Crippen LogP contribution in [0.1, 0.15) is 50.9 Å². The number of hydrogen-bond acceptors (Lipinski definition) is 2. The molecule has 3 atom stereocenters. The predicted molar refractivity (Wildman–Crippen MR) is 83.1 cm³/mol. The minimum absolute atomic E-state index is 0.272. The highest BCUT2D eigenvalue weighted by Crippen LogP contribution is 2.35. The van der Waals surface area contributed by atoms with Gasteiger partial charge in [0.15, 0.2) is 0 Å². The van der Waals surface area contributed by atoms with Crippen molar-refractivity contribution in [2.75, 3.05) is 0 Å². The normalized spacial score (nSPS) is 24.9. The van der Waals surface area contributed by atoms with Gasteiger partial charge >= 0.3 is 0 Å². The monoisotopic (exact) mass is 327 g/mol. The summed E-state index contributed by atoms with van der Waals surface area (Å²) in [6.45, 7) is 7.39. The van der Waals surface area contributed by atoms with E-state index in [1.165, 1.54) is 31.4 Å². The van der Waals surface area contributed by atoms with Gasteiger partial charge in [-0.3, -0.25) is 4.68 Å². The Morgan fingerprint density at radius 1 is 1.42 bits per heavy atom. The van der Waals surface area contributed by atoms with E-state index in [1.54, 1.807) is 0 Å². The third kappa shape index (κ3) is 3.22. The number of hydrogen-bond donors (Lipinski definition) is 1. The first-order valence-electron chi connectivity index (χ1n) is 7.54. The van der Waals surface area contributed by atoms with Gasteiger partial charge < -0.3 is 5.73 Å². The molecule has 2 rings (SSSR count). The van der Waals surface area contributed by atoms with Crippen LogP contribution in [-0.2, 0) is 13.0 Å².